The van der Waals surface area contributed by atoms with Crippen LogP contribution in [0.1, 0.15) is 6.42 Å². The molecule has 0 atom stereocenters. The van der Waals surface area contributed by atoms with Crippen LogP contribution in [-0.4, -0.2) is 27.8 Å². The van der Waals surface area contributed by atoms with Crippen LogP contribution in [0, 0.1) is 0 Å². The highest BCUT2D eigenvalue weighted by Gasteiger charge is 2.13. The maximum Gasteiger partial charge on any atom is 0.120 e. The maximum absolute atomic E-state index is 9.10. The van der Waals surface area contributed by atoms with Gasteiger partial charge in [0.05, 0.1) is 16.3 Å². The second-order valence-corrected chi connectivity index (χ2v) is 6.36. The van der Waals surface area contributed by atoms with Gasteiger partial charge < -0.3 is 14.7 Å². The van der Waals surface area contributed by atoms with E-state index in [9.17, 15) is 0 Å². The summed E-state index contributed by atoms with van der Waals surface area (Å²) in [5.41, 5.74) is 3.19. The zero-order valence-electron chi connectivity index (χ0n) is 13.4. The summed E-state index contributed by atoms with van der Waals surface area (Å²) in [6.07, 6.45) is 0.646. The van der Waals surface area contributed by atoms with Crippen molar-refractivity contribution < 1.29 is 5.11 Å². The zero-order valence-corrected chi connectivity index (χ0v) is 14.1. The summed E-state index contributed by atoms with van der Waals surface area (Å²) in [6, 6.07) is 14.1. The number of H-pyrrole nitrogens is 1. The van der Waals surface area contributed by atoms with Gasteiger partial charge >= 0.3 is 0 Å². The number of rotatable bonds is 3. The zero-order chi connectivity index (χ0) is 16.7. The molecule has 0 amide bonds. The first-order valence-corrected chi connectivity index (χ1v) is 8.38. The number of aromatic nitrogens is 2. The third-order valence-corrected chi connectivity index (χ3v) is 4.65. The largest absolute Gasteiger partial charge is 0.396 e. The molecule has 0 saturated carbocycles. The van der Waals surface area contributed by atoms with Crippen LogP contribution in [-0.2, 0) is 7.05 Å². The Morgan fingerprint density at radius 3 is 2.83 bits per heavy atom. The Hall–Kier alpha value is -2.30. The van der Waals surface area contributed by atoms with Gasteiger partial charge in [0.15, 0.2) is 0 Å². The van der Waals surface area contributed by atoms with Crippen LogP contribution in [0.3, 0.4) is 0 Å². The Morgan fingerprint density at radius 2 is 2.00 bits per heavy atom. The van der Waals surface area contributed by atoms with Crippen LogP contribution >= 0.6 is 11.6 Å². The van der Waals surface area contributed by atoms with Gasteiger partial charge in [-0.05, 0) is 30.7 Å². The molecule has 0 unspecified atom stereocenters. The lowest BCUT2D eigenvalue weighted by Crippen LogP contribution is -2.11. The van der Waals surface area contributed by atoms with Gasteiger partial charge in [0, 0.05) is 41.5 Å². The van der Waals surface area contributed by atoms with Gasteiger partial charge in [-0.1, -0.05) is 29.8 Å². The summed E-state index contributed by atoms with van der Waals surface area (Å²) in [5.74, 6) is 0. The molecule has 0 saturated heterocycles. The molecule has 4 nitrogen and oxygen atoms in total. The number of aromatic amines is 1. The molecule has 2 aromatic carbocycles. The molecule has 0 aliphatic carbocycles. The molecule has 122 valence electrons. The lowest BCUT2D eigenvalue weighted by molar-refractivity contribution is 0.291. The molecule has 2 heterocycles. The Labute approximate surface area is 144 Å². The minimum absolute atomic E-state index is 0.139. The Balaban J connectivity index is 2.25. The first kappa shape index (κ1) is 15.2. The van der Waals surface area contributed by atoms with E-state index in [1.165, 1.54) is 0 Å². The minimum atomic E-state index is 0.139. The second-order valence-electron chi connectivity index (χ2n) is 5.92. The maximum atomic E-state index is 9.10. The van der Waals surface area contributed by atoms with E-state index in [4.69, 9.17) is 21.7 Å². The van der Waals surface area contributed by atoms with Crippen LogP contribution in [0.25, 0.3) is 32.8 Å². The number of hydrogen-bond donors (Lipinski definition) is 2. The summed E-state index contributed by atoms with van der Waals surface area (Å²) in [5, 5.41) is 14.0. The molecule has 4 rings (SSSR count). The van der Waals surface area contributed by atoms with Gasteiger partial charge in [-0.2, -0.15) is 0 Å². The number of nitrogens with one attached hydrogen (secondary N) is 1. The fraction of sp³-hybridized carbons (Fsp3) is 0.211. The van der Waals surface area contributed by atoms with Crippen molar-refractivity contribution in [3.8, 4) is 0 Å². The monoisotopic (exact) mass is 339 g/mol. The standard InChI is InChI=1S/C19H18ClN3O/c1-23-16-8-7-12(20)11-14(16)18(21-9-4-10-24)17-13-5-2-3-6-15(13)22-19(17)23/h2-3,5-8,11,22,24H,4,9-10H2,1H3. The van der Waals surface area contributed by atoms with E-state index in [0.717, 1.165) is 38.2 Å². The predicted octanol–water partition coefficient (Wildman–Crippen LogP) is 3.75. The van der Waals surface area contributed by atoms with Crippen molar-refractivity contribution in [1.29, 1.82) is 0 Å². The molecule has 5 heteroatoms. The summed E-state index contributed by atoms with van der Waals surface area (Å²) in [4.78, 5) is 8.31. The molecule has 2 aromatic heterocycles. The average Bonchev–Trinajstić information content (AvgIpc) is 2.97. The number of para-hydroxylation sites is 1. The number of pyridine rings is 1. The molecule has 4 aromatic rings. The van der Waals surface area contributed by atoms with Gasteiger partial charge in [0.2, 0.25) is 0 Å². The number of fused-ring (bicyclic) bond motifs is 4. The number of nitrogens with zero attached hydrogens (tertiary/aromatic N) is 2. The molecule has 0 aliphatic rings. The van der Waals surface area contributed by atoms with E-state index >= 15 is 0 Å². The smallest absolute Gasteiger partial charge is 0.120 e. The highest BCUT2D eigenvalue weighted by molar-refractivity contribution is 6.31. The van der Waals surface area contributed by atoms with Crippen LogP contribution in [0.15, 0.2) is 47.5 Å². The molecular formula is C19H18ClN3O. The predicted molar refractivity (Wildman–Crippen MR) is 99.4 cm³/mol. The Morgan fingerprint density at radius 1 is 1.17 bits per heavy atom. The van der Waals surface area contributed by atoms with Gasteiger partial charge in [-0.15, -0.1) is 0 Å². The topological polar surface area (TPSA) is 53.3 Å². The number of aliphatic hydroxyl groups is 1. The van der Waals surface area contributed by atoms with E-state index < -0.39 is 0 Å². The fourth-order valence-corrected chi connectivity index (χ4v) is 3.46. The minimum Gasteiger partial charge on any atom is -0.396 e. The van der Waals surface area contributed by atoms with Crippen molar-refractivity contribution in [3.05, 3.63) is 52.8 Å². The Bertz CT molecular complexity index is 1120. The normalized spacial score (nSPS) is 12.7. The average molecular weight is 340 g/mol. The second kappa shape index (κ2) is 5.96. The molecule has 0 fully saturated rings. The van der Waals surface area contributed by atoms with Crippen LogP contribution in [0.5, 0.6) is 0 Å². The van der Waals surface area contributed by atoms with E-state index in [1.807, 2.05) is 37.4 Å². The van der Waals surface area contributed by atoms with Crippen molar-refractivity contribution in [1.82, 2.24) is 9.55 Å². The number of aliphatic hydroxyl groups excluding tert-OH is 1. The van der Waals surface area contributed by atoms with E-state index in [1.54, 1.807) is 0 Å². The van der Waals surface area contributed by atoms with Crippen molar-refractivity contribution in [2.24, 2.45) is 12.0 Å². The fourth-order valence-electron chi connectivity index (χ4n) is 3.29. The van der Waals surface area contributed by atoms with Crippen molar-refractivity contribution >= 4 is 44.4 Å². The summed E-state index contributed by atoms with van der Waals surface area (Å²) in [6.45, 7) is 0.722. The summed E-state index contributed by atoms with van der Waals surface area (Å²) < 4.78 is 2.14. The van der Waals surface area contributed by atoms with Crippen LogP contribution < -0.4 is 5.36 Å². The molecule has 2 N–H and O–H groups in total. The molecule has 24 heavy (non-hydrogen) atoms. The van der Waals surface area contributed by atoms with Crippen LogP contribution in [0.4, 0.5) is 0 Å². The summed E-state index contributed by atoms with van der Waals surface area (Å²) >= 11 is 6.25. The molecule has 0 spiro atoms. The van der Waals surface area contributed by atoms with Gasteiger partial charge in [0.1, 0.15) is 5.65 Å². The quantitative estimate of drug-likeness (QED) is 0.549. The SMILES string of the molecule is Cn1c2ccc(Cl)cc2c(=NCCCO)c2c3ccccc3[nH]c21. The third-order valence-electron chi connectivity index (χ3n) is 4.42. The third kappa shape index (κ3) is 2.30. The lowest BCUT2D eigenvalue weighted by Gasteiger charge is -2.10. The first-order valence-electron chi connectivity index (χ1n) is 8.00. The molecular weight excluding hydrogens is 322 g/mol. The van der Waals surface area contributed by atoms with Gasteiger partial charge in [-0.25, -0.2) is 0 Å². The number of hydrogen-bond acceptors (Lipinski definition) is 2. The van der Waals surface area contributed by atoms with E-state index in [-0.39, 0.29) is 6.61 Å². The van der Waals surface area contributed by atoms with Gasteiger partial charge in [-0.3, -0.25) is 4.99 Å². The summed E-state index contributed by atoms with van der Waals surface area (Å²) in [7, 11) is 2.05. The lowest BCUT2D eigenvalue weighted by atomic mass is 10.1. The van der Waals surface area contributed by atoms with E-state index in [0.29, 0.717) is 18.0 Å². The highest BCUT2D eigenvalue weighted by atomic mass is 35.5. The van der Waals surface area contributed by atoms with Crippen LogP contribution in [0.2, 0.25) is 5.02 Å². The molecule has 0 radical (unpaired) electrons. The van der Waals surface area contributed by atoms with Crippen molar-refractivity contribution in [3.63, 3.8) is 0 Å². The van der Waals surface area contributed by atoms with Crippen molar-refractivity contribution in [2.75, 3.05) is 13.2 Å². The number of benzene rings is 2. The number of aryl methyl sites for hydroxylation is 1. The highest BCUT2D eigenvalue weighted by Crippen LogP contribution is 2.26. The van der Waals surface area contributed by atoms with Crippen molar-refractivity contribution in [2.45, 2.75) is 6.42 Å². The first-order chi connectivity index (χ1) is 11.7. The number of halogens is 1. The molecule has 0 aliphatic heterocycles. The van der Waals surface area contributed by atoms with Gasteiger partial charge in [0.25, 0.3) is 0 Å². The van der Waals surface area contributed by atoms with E-state index in [2.05, 4.69) is 21.7 Å². The Kier molecular flexibility index (Phi) is 3.79. The molecule has 0 bridgehead atoms.